The van der Waals surface area contributed by atoms with Gasteiger partial charge in [-0.2, -0.15) is 0 Å². The van der Waals surface area contributed by atoms with Crippen LogP contribution in [0, 0.1) is 0 Å². The number of hydrogen-bond acceptors (Lipinski definition) is 4. The van der Waals surface area contributed by atoms with Crippen molar-refractivity contribution in [3.63, 3.8) is 0 Å². The summed E-state index contributed by atoms with van der Waals surface area (Å²) in [6.45, 7) is 1.54. The maximum atomic E-state index is 11.0. The highest BCUT2D eigenvalue weighted by atomic mass is 16.5. The van der Waals surface area contributed by atoms with Gasteiger partial charge in [0.25, 0.3) is 0 Å². The molecule has 0 aromatic heterocycles. The maximum Gasteiger partial charge on any atom is 0.306 e. The van der Waals surface area contributed by atoms with Crippen LogP contribution in [0.5, 0.6) is 0 Å². The first kappa shape index (κ1) is 13.8. The summed E-state index contributed by atoms with van der Waals surface area (Å²) in [6, 6.07) is 0. The summed E-state index contributed by atoms with van der Waals surface area (Å²) in [4.78, 5) is 11.0. The molecule has 4 nitrogen and oxygen atoms in total. The van der Waals surface area contributed by atoms with E-state index in [1.807, 2.05) is 0 Å². The molecular formula is C14H25NO3. The van der Waals surface area contributed by atoms with Crippen molar-refractivity contribution in [1.82, 2.24) is 5.32 Å². The van der Waals surface area contributed by atoms with Gasteiger partial charge in [-0.15, -0.1) is 0 Å². The van der Waals surface area contributed by atoms with E-state index in [9.17, 15) is 4.79 Å². The number of methoxy groups -OCH3 is 1. The minimum atomic E-state index is -0.154. The second-order valence-corrected chi connectivity index (χ2v) is 5.55. The van der Waals surface area contributed by atoms with Crippen LogP contribution < -0.4 is 5.32 Å². The standard InChI is InChI=1S/C14H25NO3/c1-17-13(16)6-10-15-11-12-5-9-14(18-12)7-3-2-4-8-14/h12,15H,2-11H2,1H3. The van der Waals surface area contributed by atoms with Gasteiger partial charge in [0.1, 0.15) is 0 Å². The molecule has 18 heavy (non-hydrogen) atoms. The molecule has 0 radical (unpaired) electrons. The molecule has 0 amide bonds. The molecule has 1 N–H and O–H groups in total. The van der Waals surface area contributed by atoms with E-state index in [1.54, 1.807) is 0 Å². The Bertz CT molecular complexity index is 274. The van der Waals surface area contributed by atoms with Crippen molar-refractivity contribution < 1.29 is 14.3 Å². The predicted molar refractivity (Wildman–Crippen MR) is 69.4 cm³/mol. The van der Waals surface area contributed by atoms with E-state index >= 15 is 0 Å². The third-order valence-electron chi connectivity index (χ3n) is 4.21. The van der Waals surface area contributed by atoms with E-state index in [2.05, 4.69) is 10.1 Å². The lowest BCUT2D eigenvalue weighted by Crippen LogP contribution is -2.35. The van der Waals surface area contributed by atoms with Gasteiger partial charge in [0.05, 0.1) is 25.2 Å². The Morgan fingerprint density at radius 1 is 1.33 bits per heavy atom. The van der Waals surface area contributed by atoms with Crippen LogP contribution in [0.3, 0.4) is 0 Å². The summed E-state index contributed by atoms with van der Waals surface area (Å²) in [7, 11) is 1.43. The second kappa shape index (κ2) is 6.53. The predicted octanol–water partition coefficient (Wildman–Crippen LogP) is 2.02. The van der Waals surface area contributed by atoms with Gasteiger partial charge in [-0.3, -0.25) is 4.79 Å². The van der Waals surface area contributed by atoms with Gasteiger partial charge in [0.2, 0.25) is 0 Å². The lowest BCUT2D eigenvalue weighted by Gasteiger charge is -2.33. The fraction of sp³-hybridized carbons (Fsp3) is 0.929. The van der Waals surface area contributed by atoms with Crippen LogP contribution in [0.4, 0.5) is 0 Å². The molecule has 2 fully saturated rings. The van der Waals surface area contributed by atoms with Crippen LogP contribution in [0.2, 0.25) is 0 Å². The largest absolute Gasteiger partial charge is 0.469 e. The fourth-order valence-corrected chi connectivity index (χ4v) is 3.16. The third-order valence-corrected chi connectivity index (χ3v) is 4.21. The van der Waals surface area contributed by atoms with Crippen molar-refractivity contribution in [3.8, 4) is 0 Å². The monoisotopic (exact) mass is 255 g/mol. The second-order valence-electron chi connectivity index (χ2n) is 5.55. The van der Waals surface area contributed by atoms with Crippen LogP contribution >= 0.6 is 0 Å². The number of rotatable bonds is 5. The number of ether oxygens (including phenoxy) is 2. The summed E-state index contributed by atoms with van der Waals surface area (Å²) >= 11 is 0. The van der Waals surface area contributed by atoms with Crippen molar-refractivity contribution in [1.29, 1.82) is 0 Å². The SMILES string of the molecule is COC(=O)CCNCC1CCC2(CCCCC2)O1. The van der Waals surface area contributed by atoms with Crippen molar-refractivity contribution in [3.05, 3.63) is 0 Å². The molecule has 1 aliphatic carbocycles. The lowest BCUT2D eigenvalue weighted by atomic mass is 9.83. The van der Waals surface area contributed by atoms with Crippen molar-refractivity contribution in [2.45, 2.75) is 63.1 Å². The molecule has 1 atom stereocenters. The first-order valence-electron chi connectivity index (χ1n) is 7.19. The third kappa shape index (κ3) is 3.69. The molecule has 4 heteroatoms. The van der Waals surface area contributed by atoms with Crippen LogP contribution in [0.25, 0.3) is 0 Å². The van der Waals surface area contributed by atoms with Crippen molar-refractivity contribution in [2.24, 2.45) is 0 Å². The molecule has 104 valence electrons. The van der Waals surface area contributed by atoms with E-state index in [0.29, 0.717) is 19.1 Å². The zero-order valence-corrected chi connectivity index (χ0v) is 11.4. The lowest BCUT2D eigenvalue weighted by molar-refractivity contribution is -0.140. The summed E-state index contributed by atoms with van der Waals surface area (Å²) in [5.74, 6) is -0.154. The van der Waals surface area contributed by atoms with E-state index in [4.69, 9.17) is 4.74 Å². The van der Waals surface area contributed by atoms with E-state index < -0.39 is 0 Å². The Hall–Kier alpha value is -0.610. The Morgan fingerprint density at radius 3 is 2.83 bits per heavy atom. The topological polar surface area (TPSA) is 47.6 Å². The molecule has 2 aliphatic rings. The average molecular weight is 255 g/mol. The molecule has 0 bridgehead atoms. The summed E-state index contributed by atoms with van der Waals surface area (Å²) in [5, 5.41) is 3.29. The first-order chi connectivity index (χ1) is 8.74. The highest BCUT2D eigenvalue weighted by molar-refractivity contribution is 5.69. The zero-order chi connectivity index (χ0) is 12.8. The van der Waals surface area contributed by atoms with Crippen molar-refractivity contribution in [2.75, 3.05) is 20.2 Å². The van der Waals surface area contributed by atoms with E-state index in [1.165, 1.54) is 45.6 Å². The molecule has 1 saturated heterocycles. The number of esters is 1. The average Bonchev–Trinajstić information content (AvgIpc) is 2.78. The van der Waals surface area contributed by atoms with Gasteiger partial charge in [0, 0.05) is 13.1 Å². The highest BCUT2D eigenvalue weighted by Crippen LogP contribution is 2.41. The molecule has 2 rings (SSSR count). The summed E-state index contributed by atoms with van der Waals surface area (Å²) in [6.07, 6.45) is 9.64. The van der Waals surface area contributed by atoms with Crippen LogP contribution in [-0.4, -0.2) is 37.9 Å². The molecule has 1 spiro atoms. The summed E-state index contributed by atoms with van der Waals surface area (Å²) < 4.78 is 10.8. The number of carbonyl (C=O) groups is 1. The highest BCUT2D eigenvalue weighted by Gasteiger charge is 2.40. The Balaban J connectivity index is 1.62. The molecule has 1 heterocycles. The first-order valence-corrected chi connectivity index (χ1v) is 7.19. The van der Waals surface area contributed by atoms with Gasteiger partial charge in [0.15, 0.2) is 0 Å². The zero-order valence-electron chi connectivity index (χ0n) is 11.4. The Labute approximate surface area is 109 Å². The fourth-order valence-electron chi connectivity index (χ4n) is 3.16. The Kier molecular flexibility index (Phi) is 5.01. The number of nitrogens with one attached hydrogen (secondary N) is 1. The van der Waals surface area contributed by atoms with Crippen LogP contribution in [0.1, 0.15) is 51.4 Å². The minimum Gasteiger partial charge on any atom is -0.469 e. The number of hydrogen-bond donors (Lipinski definition) is 1. The normalized spacial score (nSPS) is 26.4. The molecule has 1 unspecified atom stereocenters. The van der Waals surface area contributed by atoms with Crippen LogP contribution in [0.15, 0.2) is 0 Å². The summed E-state index contributed by atoms with van der Waals surface area (Å²) in [5.41, 5.74) is 0.201. The van der Waals surface area contributed by atoms with Gasteiger partial charge in [-0.05, 0) is 25.7 Å². The smallest absolute Gasteiger partial charge is 0.306 e. The molecule has 1 aliphatic heterocycles. The number of carbonyl (C=O) groups excluding carboxylic acids is 1. The molecule has 1 saturated carbocycles. The van der Waals surface area contributed by atoms with Gasteiger partial charge in [-0.1, -0.05) is 19.3 Å². The van der Waals surface area contributed by atoms with E-state index in [-0.39, 0.29) is 11.6 Å². The molecule has 0 aromatic rings. The van der Waals surface area contributed by atoms with Gasteiger partial charge >= 0.3 is 5.97 Å². The minimum absolute atomic E-state index is 0.154. The van der Waals surface area contributed by atoms with Crippen LogP contribution in [-0.2, 0) is 14.3 Å². The van der Waals surface area contributed by atoms with Gasteiger partial charge in [-0.25, -0.2) is 0 Å². The maximum absolute atomic E-state index is 11.0. The molecule has 0 aromatic carbocycles. The quantitative estimate of drug-likeness (QED) is 0.603. The Morgan fingerprint density at radius 2 is 2.11 bits per heavy atom. The van der Waals surface area contributed by atoms with Crippen molar-refractivity contribution >= 4 is 5.97 Å². The van der Waals surface area contributed by atoms with Gasteiger partial charge < -0.3 is 14.8 Å². The van der Waals surface area contributed by atoms with E-state index in [0.717, 1.165) is 13.0 Å². The molecular weight excluding hydrogens is 230 g/mol.